The van der Waals surface area contributed by atoms with Crippen LogP contribution < -0.4 is 4.74 Å². The highest BCUT2D eigenvalue weighted by molar-refractivity contribution is 5.31. The van der Waals surface area contributed by atoms with Crippen molar-refractivity contribution >= 4 is 0 Å². The van der Waals surface area contributed by atoms with Crippen LogP contribution in [0.1, 0.15) is 17.2 Å². The summed E-state index contributed by atoms with van der Waals surface area (Å²) in [5, 5.41) is 10.0. The second-order valence-corrected chi connectivity index (χ2v) is 4.41. The van der Waals surface area contributed by atoms with Gasteiger partial charge in [0.1, 0.15) is 17.4 Å². The van der Waals surface area contributed by atoms with E-state index >= 15 is 0 Å². The summed E-state index contributed by atoms with van der Waals surface area (Å²) in [6.45, 7) is -2.97. The van der Waals surface area contributed by atoms with Crippen molar-refractivity contribution in [2.75, 3.05) is 0 Å². The molecular weight excluding hydrogens is 288 g/mol. The zero-order valence-electron chi connectivity index (χ0n) is 10.8. The third-order valence-corrected chi connectivity index (χ3v) is 2.89. The molecule has 2 aromatic rings. The Labute approximate surface area is 118 Å². The molecule has 0 fully saturated rings. The van der Waals surface area contributed by atoms with Crippen molar-refractivity contribution in [2.45, 2.75) is 19.1 Å². The summed E-state index contributed by atoms with van der Waals surface area (Å²) < 4.78 is 55.0. The first kappa shape index (κ1) is 15.3. The molecule has 0 aliphatic carbocycles. The Kier molecular flexibility index (Phi) is 4.80. The van der Waals surface area contributed by atoms with Gasteiger partial charge in [-0.05, 0) is 41.5 Å². The van der Waals surface area contributed by atoms with Crippen LogP contribution in [0.25, 0.3) is 0 Å². The molecule has 0 saturated heterocycles. The van der Waals surface area contributed by atoms with Crippen molar-refractivity contribution in [1.29, 1.82) is 0 Å². The van der Waals surface area contributed by atoms with Gasteiger partial charge in [0.25, 0.3) is 0 Å². The molecule has 2 nitrogen and oxygen atoms in total. The van der Waals surface area contributed by atoms with E-state index in [1.165, 1.54) is 24.3 Å². The molecule has 0 bridgehead atoms. The molecule has 0 heterocycles. The zero-order valence-corrected chi connectivity index (χ0v) is 10.8. The van der Waals surface area contributed by atoms with E-state index in [0.717, 1.165) is 18.2 Å². The van der Waals surface area contributed by atoms with Crippen LogP contribution in [0.15, 0.2) is 42.5 Å². The van der Waals surface area contributed by atoms with E-state index in [4.69, 9.17) is 0 Å². The molecule has 0 aliphatic heterocycles. The fourth-order valence-electron chi connectivity index (χ4n) is 1.92. The molecule has 0 amide bonds. The molecule has 0 aliphatic rings. The van der Waals surface area contributed by atoms with E-state index in [9.17, 15) is 22.7 Å². The lowest BCUT2D eigenvalue weighted by molar-refractivity contribution is -0.0499. The minimum atomic E-state index is -2.97. The Balaban J connectivity index is 2.16. The first-order chi connectivity index (χ1) is 9.95. The van der Waals surface area contributed by atoms with Crippen molar-refractivity contribution in [3.63, 3.8) is 0 Å². The predicted octanol–water partition coefficient (Wildman–Crippen LogP) is 3.84. The van der Waals surface area contributed by atoms with Crippen molar-refractivity contribution in [3.05, 3.63) is 65.2 Å². The lowest BCUT2D eigenvalue weighted by Crippen LogP contribution is -2.06. The van der Waals surface area contributed by atoms with Gasteiger partial charge < -0.3 is 9.84 Å². The molecule has 0 radical (unpaired) electrons. The van der Waals surface area contributed by atoms with Crippen LogP contribution in [0.3, 0.4) is 0 Å². The van der Waals surface area contributed by atoms with Crippen molar-refractivity contribution in [3.8, 4) is 5.75 Å². The molecule has 2 rings (SSSR count). The van der Waals surface area contributed by atoms with Gasteiger partial charge in [0.2, 0.25) is 0 Å². The number of aliphatic hydroxyl groups excluding tert-OH is 1. The van der Waals surface area contributed by atoms with E-state index in [0.29, 0.717) is 0 Å². The maximum absolute atomic E-state index is 13.5. The van der Waals surface area contributed by atoms with Gasteiger partial charge in [-0.3, -0.25) is 0 Å². The summed E-state index contributed by atoms with van der Waals surface area (Å²) in [6.07, 6.45) is -1.34. The lowest BCUT2D eigenvalue weighted by atomic mass is 10.0. The van der Waals surface area contributed by atoms with E-state index in [1.54, 1.807) is 0 Å². The van der Waals surface area contributed by atoms with E-state index in [2.05, 4.69) is 4.74 Å². The molecule has 0 spiro atoms. The second kappa shape index (κ2) is 6.58. The van der Waals surface area contributed by atoms with Crippen LogP contribution in [0.2, 0.25) is 0 Å². The molecular formula is C15H12F4O2. The average molecular weight is 300 g/mol. The number of benzene rings is 2. The van der Waals surface area contributed by atoms with Crippen LogP contribution >= 0.6 is 0 Å². The molecule has 2 aromatic carbocycles. The number of halogens is 4. The van der Waals surface area contributed by atoms with Gasteiger partial charge in [-0.2, -0.15) is 8.78 Å². The molecule has 112 valence electrons. The monoisotopic (exact) mass is 300 g/mol. The minimum absolute atomic E-state index is 0.00248. The highest BCUT2D eigenvalue weighted by Gasteiger charge is 2.14. The summed E-state index contributed by atoms with van der Waals surface area (Å²) >= 11 is 0. The largest absolute Gasteiger partial charge is 0.435 e. The minimum Gasteiger partial charge on any atom is -0.435 e. The molecule has 21 heavy (non-hydrogen) atoms. The number of hydrogen-bond donors (Lipinski definition) is 1. The Bertz CT molecular complexity index is 616. The van der Waals surface area contributed by atoms with Gasteiger partial charge in [-0.15, -0.1) is 0 Å². The lowest BCUT2D eigenvalue weighted by Gasteiger charge is -2.13. The van der Waals surface area contributed by atoms with Gasteiger partial charge >= 0.3 is 6.61 Å². The van der Waals surface area contributed by atoms with Gasteiger partial charge in [0.05, 0.1) is 6.10 Å². The Morgan fingerprint density at radius 2 is 1.81 bits per heavy atom. The fourth-order valence-corrected chi connectivity index (χ4v) is 1.92. The number of aliphatic hydroxyl groups is 1. The highest BCUT2D eigenvalue weighted by Crippen LogP contribution is 2.24. The van der Waals surface area contributed by atoms with Gasteiger partial charge in [-0.25, -0.2) is 8.78 Å². The number of hydrogen-bond acceptors (Lipinski definition) is 2. The quantitative estimate of drug-likeness (QED) is 0.850. The summed E-state index contributed by atoms with van der Waals surface area (Å²) in [4.78, 5) is 0. The molecule has 6 heteroatoms. The number of ether oxygens (including phenoxy) is 1. The predicted molar refractivity (Wildman–Crippen MR) is 68.1 cm³/mol. The van der Waals surface area contributed by atoms with Crippen molar-refractivity contribution < 1.29 is 27.4 Å². The Morgan fingerprint density at radius 3 is 2.52 bits per heavy atom. The average Bonchev–Trinajstić information content (AvgIpc) is 2.42. The van der Waals surface area contributed by atoms with E-state index < -0.39 is 24.3 Å². The highest BCUT2D eigenvalue weighted by atomic mass is 19.3. The first-order valence-electron chi connectivity index (χ1n) is 6.12. The maximum Gasteiger partial charge on any atom is 0.387 e. The first-order valence-corrected chi connectivity index (χ1v) is 6.12. The summed E-state index contributed by atoms with van der Waals surface area (Å²) in [6, 6.07) is 8.38. The van der Waals surface area contributed by atoms with Crippen LogP contribution in [0.5, 0.6) is 5.75 Å². The molecule has 0 saturated carbocycles. The smallest absolute Gasteiger partial charge is 0.387 e. The third-order valence-electron chi connectivity index (χ3n) is 2.89. The molecule has 1 N–H and O–H groups in total. The standard InChI is InChI=1S/C15H12F4O2/c16-11-4-5-13(17)10(6-11)8-14(20)9-2-1-3-12(7-9)21-15(18)19/h1-7,14-15,20H,8H2. The maximum atomic E-state index is 13.5. The van der Waals surface area contributed by atoms with Crippen molar-refractivity contribution in [1.82, 2.24) is 0 Å². The molecule has 1 atom stereocenters. The Hall–Kier alpha value is -2.08. The SMILES string of the molecule is OC(Cc1cc(F)ccc1F)c1cccc(OC(F)F)c1. The molecule has 0 aromatic heterocycles. The Morgan fingerprint density at radius 1 is 1.05 bits per heavy atom. The van der Waals surface area contributed by atoms with E-state index in [-0.39, 0.29) is 23.3 Å². The van der Waals surface area contributed by atoms with E-state index in [1.807, 2.05) is 0 Å². The summed E-state index contributed by atoms with van der Waals surface area (Å²) in [5.74, 6) is -1.37. The third kappa shape index (κ3) is 4.19. The van der Waals surface area contributed by atoms with Gasteiger partial charge in [0.15, 0.2) is 0 Å². The van der Waals surface area contributed by atoms with Crippen LogP contribution in [0, 0.1) is 11.6 Å². The summed E-state index contributed by atoms with van der Waals surface area (Å²) in [7, 11) is 0. The fraction of sp³-hybridized carbons (Fsp3) is 0.200. The second-order valence-electron chi connectivity index (χ2n) is 4.41. The normalized spacial score (nSPS) is 12.5. The van der Waals surface area contributed by atoms with Gasteiger partial charge in [-0.1, -0.05) is 12.1 Å². The summed E-state index contributed by atoms with van der Waals surface area (Å²) in [5.41, 5.74) is 0.277. The van der Waals surface area contributed by atoms with Crippen LogP contribution in [-0.2, 0) is 6.42 Å². The van der Waals surface area contributed by atoms with Crippen LogP contribution in [-0.4, -0.2) is 11.7 Å². The zero-order chi connectivity index (χ0) is 15.4. The molecule has 1 unspecified atom stereocenters. The van der Waals surface area contributed by atoms with Gasteiger partial charge in [0, 0.05) is 6.42 Å². The number of alkyl halides is 2. The van der Waals surface area contributed by atoms with Crippen molar-refractivity contribution in [2.24, 2.45) is 0 Å². The topological polar surface area (TPSA) is 29.5 Å². The van der Waals surface area contributed by atoms with Crippen LogP contribution in [0.4, 0.5) is 17.6 Å². The number of rotatable bonds is 5.